The molecule has 0 fully saturated rings. The third-order valence-electron chi connectivity index (χ3n) is 4.72. The molecule has 0 unspecified atom stereocenters. The highest BCUT2D eigenvalue weighted by atomic mass is 16.4. The number of aromatic nitrogens is 2. The maximum atomic E-state index is 12.7. The van der Waals surface area contributed by atoms with E-state index in [9.17, 15) is 9.59 Å². The molecule has 3 rings (SSSR count). The molecule has 6 heteroatoms. The van der Waals surface area contributed by atoms with Crippen molar-refractivity contribution in [1.29, 1.82) is 0 Å². The highest BCUT2D eigenvalue weighted by Gasteiger charge is 2.20. The highest BCUT2D eigenvalue weighted by molar-refractivity contribution is 5.94. The minimum atomic E-state index is -0.906. The van der Waals surface area contributed by atoms with E-state index in [0.717, 1.165) is 24.4 Å². The average molecular weight is 341 g/mol. The Bertz CT molecular complexity index is 810. The molecule has 1 aliphatic carbocycles. The number of fused-ring (bicyclic) bond motifs is 1. The maximum absolute atomic E-state index is 12.7. The molecule has 0 radical (unpaired) electrons. The first-order chi connectivity index (χ1) is 12.0. The number of aliphatic carboxylic acids is 1. The summed E-state index contributed by atoms with van der Waals surface area (Å²) >= 11 is 0. The number of hydrogen-bond donors (Lipinski definition) is 1. The number of rotatable bonds is 5. The van der Waals surface area contributed by atoms with Crippen LogP contribution in [0.1, 0.15) is 46.0 Å². The molecule has 132 valence electrons. The Balaban J connectivity index is 1.75. The van der Waals surface area contributed by atoms with E-state index in [-0.39, 0.29) is 12.3 Å². The summed E-state index contributed by atoms with van der Waals surface area (Å²) in [5, 5.41) is 8.90. The molecule has 1 aromatic carbocycles. The van der Waals surface area contributed by atoms with Gasteiger partial charge in [-0.25, -0.2) is 4.98 Å². The number of aryl methyl sites for hydroxylation is 1. The molecule has 1 heterocycles. The van der Waals surface area contributed by atoms with Gasteiger partial charge in [-0.1, -0.05) is 12.1 Å². The zero-order valence-electron chi connectivity index (χ0n) is 14.7. The van der Waals surface area contributed by atoms with Crippen molar-refractivity contribution in [2.24, 2.45) is 7.05 Å². The van der Waals surface area contributed by atoms with Gasteiger partial charge in [0.1, 0.15) is 5.82 Å². The number of hydrogen-bond acceptors (Lipinski definition) is 3. The average Bonchev–Trinajstić information content (AvgIpc) is 2.90. The van der Waals surface area contributed by atoms with Gasteiger partial charge in [0.2, 0.25) is 0 Å². The van der Waals surface area contributed by atoms with Crippen LogP contribution in [0, 0.1) is 0 Å². The van der Waals surface area contributed by atoms with E-state index in [1.165, 1.54) is 18.5 Å². The number of carbonyl (C=O) groups excluding carboxylic acids is 1. The van der Waals surface area contributed by atoms with Crippen molar-refractivity contribution in [3.63, 3.8) is 0 Å². The van der Waals surface area contributed by atoms with Crippen LogP contribution in [0.25, 0.3) is 0 Å². The molecule has 1 amide bonds. The summed E-state index contributed by atoms with van der Waals surface area (Å²) < 4.78 is 2.11. The minimum absolute atomic E-state index is 0.0864. The van der Waals surface area contributed by atoms with Gasteiger partial charge in [0, 0.05) is 25.4 Å². The molecule has 0 spiro atoms. The van der Waals surface area contributed by atoms with E-state index < -0.39 is 5.97 Å². The number of benzene rings is 1. The third kappa shape index (κ3) is 3.73. The first-order valence-electron chi connectivity index (χ1n) is 8.55. The van der Waals surface area contributed by atoms with E-state index >= 15 is 0 Å². The van der Waals surface area contributed by atoms with Gasteiger partial charge >= 0.3 is 5.97 Å². The third-order valence-corrected chi connectivity index (χ3v) is 4.72. The molecule has 1 N–H and O–H groups in total. The van der Waals surface area contributed by atoms with Gasteiger partial charge in [-0.05, 0) is 43.4 Å². The van der Waals surface area contributed by atoms with Gasteiger partial charge in [0.25, 0.3) is 5.91 Å². The summed E-state index contributed by atoms with van der Waals surface area (Å²) in [7, 11) is 3.76. The lowest BCUT2D eigenvalue weighted by Gasteiger charge is -2.18. The number of carboxylic acid groups (broad SMARTS) is 1. The van der Waals surface area contributed by atoms with Crippen LogP contribution >= 0.6 is 0 Å². The summed E-state index contributed by atoms with van der Waals surface area (Å²) in [6.07, 6.45) is 4.34. The highest BCUT2D eigenvalue weighted by Crippen LogP contribution is 2.22. The second kappa shape index (κ2) is 7.09. The van der Waals surface area contributed by atoms with E-state index in [1.807, 2.05) is 7.05 Å². The van der Waals surface area contributed by atoms with E-state index in [0.29, 0.717) is 17.7 Å². The van der Waals surface area contributed by atoms with Crippen LogP contribution in [0.15, 0.2) is 24.3 Å². The maximum Gasteiger partial charge on any atom is 0.307 e. The van der Waals surface area contributed by atoms with Crippen molar-refractivity contribution in [2.45, 2.75) is 38.6 Å². The lowest BCUT2D eigenvalue weighted by atomic mass is 10.0. The van der Waals surface area contributed by atoms with Crippen molar-refractivity contribution >= 4 is 11.9 Å². The summed E-state index contributed by atoms with van der Waals surface area (Å²) in [4.78, 5) is 29.9. The predicted octanol–water partition coefficient (Wildman–Crippen LogP) is 2.20. The van der Waals surface area contributed by atoms with Crippen molar-refractivity contribution in [3.8, 4) is 0 Å². The first kappa shape index (κ1) is 17.2. The zero-order chi connectivity index (χ0) is 18.0. The van der Waals surface area contributed by atoms with Gasteiger partial charge < -0.3 is 14.6 Å². The Kier molecular flexibility index (Phi) is 4.88. The fraction of sp³-hybridized carbons (Fsp3) is 0.421. The molecule has 1 aromatic heterocycles. The number of carboxylic acids is 1. The molecule has 0 bridgehead atoms. The molecule has 6 nitrogen and oxygen atoms in total. The number of nitrogens with zero attached hydrogens (tertiary/aromatic N) is 3. The molecular weight excluding hydrogens is 318 g/mol. The zero-order valence-corrected chi connectivity index (χ0v) is 14.7. The molecule has 0 atom stereocenters. The van der Waals surface area contributed by atoms with Crippen LogP contribution in [-0.2, 0) is 37.6 Å². The van der Waals surface area contributed by atoms with Crippen LogP contribution in [-0.4, -0.2) is 38.5 Å². The van der Waals surface area contributed by atoms with Crippen LogP contribution in [0.5, 0.6) is 0 Å². The molecule has 0 saturated carbocycles. The molecular formula is C19H23N3O3. The Morgan fingerprint density at radius 3 is 2.76 bits per heavy atom. The van der Waals surface area contributed by atoms with Crippen molar-refractivity contribution in [2.75, 3.05) is 7.05 Å². The Labute approximate surface area is 147 Å². The van der Waals surface area contributed by atoms with Gasteiger partial charge in [-0.2, -0.15) is 0 Å². The van der Waals surface area contributed by atoms with Crippen LogP contribution in [0.3, 0.4) is 0 Å². The van der Waals surface area contributed by atoms with Gasteiger partial charge in [-0.15, -0.1) is 0 Å². The smallest absolute Gasteiger partial charge is 0.307 e. The van der Waals surface area contributed by atoms with Crippen molar-refractivity contribution in [1.82, 2.24) is 14.5 Å². The summed E-state index contributed by atoms with van der Waals surface area (Å²) in [5.41, 5.74) is 3.57. The van der Waals surface area contributed by atoms with Gasteiger partial charge in [0.05, 0.1) is 18.7 Å². The number of amides is 1. The fourth-order valence-electron chi connectivity index (χ4n) is 3.38. The van der Waals surface area contributed by atoms with E-state index in [1.54, 1.807) is 36.2 Å². The Morgan fingerprint density at radius 1 is 1.28 bits per heavy atom. The fourth-order valence-corrected chi connectivity index (χ4v) is 3.38. The standard InChI is InChI=1S/C19H23N3O3/c1-21(12-17-20-15-8-3-4-9-16(15)22(17)2)19(25)14-7-5-6-13(10-14)11-18(23)24/h5-7,10H,3-4,8-9,11-12H2,1-2H3,(H,23,24). The molecule has 0 saturated heterocycles. The lowest BCUT2D eigenvalue weighted by molar-refractivity contribution is -0.136. The molecule has 25 heavy (non-hydrogen) atoms. The summed E-state index contributed by atoms with van der Waals surface area (Å²) in [6.45, 7) is 0.436. The number of imidazole rings is 1. The summed E-state index contributed by atoms with van der Waals surface area (Å²) in [5.74, 6) is -0.144. The quantitative estimate of drug-likeness (QED) is 0.905. The van der Waals surface area contributed by atoms with E-state index in [4.69, 9.17) is 10.1 Å². The predicted molar refractivity (Wildman–Crippen MR) is 93.4 cm³/mol. The molecule has 2 aromatic rings. The van der Waals surface area contributed by atoms with Crippen LogP contribution < -0.4 is 0 Å². The first-order valence-corrected chi connectivity index (χ1v) is 8.55. The lowest BCUT2D eigenvalue weighted by Crippen LogP contribution is -2.27. The minimum Gasteiger partial charge on any atom is -0.481 e. The topological polar surface area (TPSA) is 75.4 Å². The van der Waals surface area contributed by atoms with Crippen molar-refractivity contribution < 1.29 is 14.7 Å². The van der Waals surface area contributed by atoms with Crippen LogP contribution in [0.2, 0.25) is 0 Å². The second-order valence-corrected chi connectivity index (χ2v) is 6.62. The normalized spacial score (nSPS) is 13.4. The Morgan fingerprint density at radius 2 is 2.04 bits per heavy atom. The Hall–Kier alpha value is -2.63. The largest absolute Gasteiger partial charge is 0.481 e. The van der Waals surface area contributed by atoms with Gasteiger partial charge in [0.15, 0.2) is 0 Å². The van der Waals surface area contributed by atoms with Crippen LogP contribution in [0.4, 0.5) is 0 Å². The SMILES string of the molecule is CN(Cc1nc2c(n1C)CCCC2)C(=O)c1cccc(CC(=O)O)c1. The van der Waals surface area contributed by atoms with Crippen molar-refractivity contribution in [3.05, 3.63) is 52.6 Å². The molecule has 0 aliphatic heterocycles. The monoisotopic (exact) mass is 341 g/mol. The van der Waals surface area contributed by atoms with Gasteiger partial charge in [-0.3, -0.25) is 9.59 Å². The van der Waals surface area contributed by atoms with E-state index in [2.05, 4.69) is 4.57 Å². The second-order valence-electron chi connectivity index (χ2n) is 6.62. The summed E-state index contributed by atoms with van der Waals surface area (Å²) in [6, 6.07) is 6.81. The number of carbonyl (C=O) groups is 2. The molecule has 1 aliphatic rings.